The SMILES string of the molecule is CN1[C@@H]2CC[C@H]1C[C@H](OC(=O)C(CO)(CC1CC1)c1ccccc1)C2. The van der Waals surface area contributed by atoms with Crippen LogP contribution in [0.5, 0.6) is 0 Å². The van der Waals surface area contributed by atoms with Gasteiger partial charge in [0.05, 0.1) is 6.61 Å². The van der Waals surface area contributed by atoms with Crippen LogP contribution in [0, 0.1) is 5.92 Å². The number of aliphatic hydroxyl groups is 1. The lowest BCUT2D eigenvalue weighted by Crippen LogP contribution is -2.47. The average Bonchev–Trinajstić information content (AvgIpc) is 3.42. The maximum atomic E-state index is 13.2. The van der Waals surface area contributed by atoms with Crippen molar-refractivity contribution in [3.63, 3.8) is 0 Å². The van der Waals surface area contributed by atoms with Crippen LogP contribution in [0.3, 0.4) is 0 Å². The maximum Gasteiger partial charge on any atom is 0.319 e. The van der Waals surface area contributed by atoms with Gasteiger partial charge in [-0.2, -0.15) is 0 Å². The van der Waals surface area contributed by atoms with Gasteiger partial charge in [-0.1, -0.05) is 43.2 Å². The fourth-order valence-corrected chi connectivity index (χ4v) is 4.83. The summed E-state index contributed by atoms with van der Waals surface area (Å²) in [6.07, 6.45) is 7.28. The molecule has 136 valence electrons. The fraction of sp³-hybridized carbons (Fsp3) is 0.667. The molecule has 1 unspecified atom stereocenters. The molecule has 1 saturated carbocycles. The predicted molar refractivity (Wildman–Crippen MR) is 96.2 cm³/mol. The molecule has 0 amide bonds. The standard InChI is InChI=1S/C21H29NO3/c1-22-17-9-10-18(22)12-19(11-17)25-20(24)21(14-23,13-15-7-8-15)16-5-3-2-4-6-16/h2-6,15,17-19,23H,7-14H2,1H3/t17-,18+,19-,21?. The van der Waals surface area contributed by atoms with Gasteiger partial charge < -0.3 is 14.7 Å². The van der Waals surface area contributed by atoms with Gasteiger partial charge in [-0.25, -0.2) is 0 Å². The molecular weight excluding hydrogens is 314 g/mol. The summed E-state index contributed by atoms with van der Waals surface area (Å²) in [6, 6.07) is 10.8. The Bertz CT molecular complexity index is 601. The number of esters is 1. The molecule has 1 aliphatic carbocycles. The van der Waals surface area contributed by atoms with Gasteiger partial charge in [-0.15, -0.1) is 0 Å². The number of nitrogens with zero attached hydrogens (tertiary/aromatic N) is 1. The number of benzene rings is 1. The molecular formula is C21H29NO3. The van der Waals surface area contributed by atoms with Gasteiger partial charge in [-0.05, 0) is 50.6 Å². The van der Waals surface area contributed by atoms with Crippen LogP contribution in [0.4, 0.5) is 0 Å². The molecule has 4 heteroatoms. The van der Waals surface area contributed by atoms with Crippen molar-refractivity contribution in [2.45, 2.75) is 68.5 Å². The lowest BCUT2D eigenvalue weighted by molar-refractivity contribution is -0.162. The van der Waals surface area contributed by atoms with Gasteiger partial charge in [-0.3, -0.25) is 4.79 Å². The van der Waals surface area contributed by atoms with E-state index in [2.05, 4.69) is 11.9 Å². The minimum Gasteiger partial charge on any atom is -0.462 e. The van der Waals surface area contributed by atoms with Crippen LogP contribution in [-0.2, 0) is 14.9 Å². The van der Waals surface area contributed by atoms with Gasteiger partial charge in [0.25, 0.3) is 0 Å². The molecule has 2 bridgehead atoms. The molecule has 1 aromatic carbocycles. The molecule has 4 atom stereocenters. The summed E-state index contributed by atoms with van der Waals surface area (Å²) in [5.41, 5.74) is -0.00420. The van der Waals surface area contributed by atoms with Crippen molar-refractivity contribution in [3.05, 3.63) is 35.9 Å². The Hall–Kier alpha value is -1.39. The van der Waals surface area contributed by atoms with E-state index < -0.39 is 5.41 Å². The van der Waals surface area contributed by atoms with Crippen LogP contribution in [-0.4, -0.2) is 47.8 Å². The molecule has 1 aromatic rings. The van der Waals surface area contributed by atoms with E-state index in [9.17, 15) is 9.90 Å². The van der Waals surface area contributed by atoms with Gasteiger partial charge in [0.15, 0.2) is 0 Å². The summed E-state index contributed by atoms with van der Waals surface area (Å²) < 4.78 is 6.03. The zero-order valence-electron chi connectivity index (χ0n) is 15.1. The van der Waals surface area contributed by atoms with Gasteiger partial charge in [0.1, 0.15) is 11.5 Å². The Morgan fingerprint density at radius 2 is 1.80 bits per heavy atom. The third-order valence-corrected chi connectivity index (χ3v) is 6.65. The molecule has 2 aliphatic heterocycles. The number of fused-ring (bicyclic) bond motifs is 2. The molecule has 2 heterocycles. The number of piperidine rings is 1. The van der Waals surface area contributed by atoms with Gasteiger partial charge in [0, 0.05) is 12.1 Å². The number of carbonyl (C=O) groups excluding carboxylic acids is 1. The van der Waals surface area contributed by atoms with Crippen LogP contribution in [0.15, 0.2) is 30.3 Å². The smallest absolute Gasteiger partial charge is 0.319 e. The summed E-state index contributed by atoms with van der Waals surface area (Å²) in [5, 5.41) is 10.3. The largest absolute Gasteiger partial charge is 0.462 e. The summed E-state index contributed by atoms with van der Waals surface area (Å²) >= 11 is 0. The quantitative estimate of drug-likeness (QED) is 0.807. The number of hydrogen-bond donors (Lipinski definition) is 1. The minimum absolute atomic E-state index is 0.00459. The first-order valence-corrected chi connectivity index (χ1v) is 9.72. The Morgan fingerprint density at radius 3 is 2.36 bits per heavy atom. The van der Waals surface area contributed by atoms with Crippen molar-refractivity contribution in [1.29, 1.82) is 0 Å². The van der Waals surface area contributed by atoms with Crippen molar-refractivity contribution in [2.24, 2.45) is 5.92 Å². The Kier molecular flexibility index (Phi) is 4.59. The first-order chi connectivity index (χ1) is 12.1. The van der Waals surface area contributed by atoms with Gasteiger partial charge >= 0.3 is 5.97 Å². The molecule has 0 spiro atoms. The number of aliphatic hydroxyl groups excluding tert-OH is 1. The van der Waals surface area contributed by atoms with E-state index >= 15 is 0 Å². The summed E-state index contributed by atoms with van der Waals surface area (Å²) in [6.45, 7) is -0.175. The predicted octanol–water partition coefficient (Wildman–Crippen LogP) is 2.89. The molecule has 4 rings (SSSR count). The van der Waals surface area contributed by atoms with E-state index in [4.69, 9.17) is 4.74 Å². The monoisotopic (exact) mass is 343 g/mol. The average molecular weight is 343 g/mol. The molecule has 25 heavy (non-hydrogen) atoms. The molecule has 2 saturated heterocycles. The normalized spacial score (nSPS) is 31.5. The van der Waals surface area contributed by atoms with E-state index in [1.807, 2.05) is 30.3 Å². The highest BCUT2D eigenvalue weighted by Crippen LogP contribution is 2.44. The highest BCUT2D eigenvalue weighted by molar-refractivity contribution is 5.83. The van der Waals surface area contributed by atoms with Crippen LogP contribution in [0.2, 0.25) is 0 Å². The van der Waals surface area contributed by atoms with Crippen LogP contribution >= 0.6 is 0 Å². The van der Waals surface area contributed by atoms with Crippen LogP contribution in [0.1, 0.15) is 50.5 Å². The summed E-state index contributed by atoms with van der Waals surface area (Å²) in [7, 11) is 2.19. The topological polar surface area (TPSA) is 49.8 Å². The summed E-state index contributed by atoms with van der Waals surface area (Å²) in [4.78, 5) is 15.7. The number of rotatable bonds is 6. The molecule has 3 fully saturated rings. The van der Waals surface area contributed by atoms with E-state index in [-0.39, 0.29) is 18.7 Å². The van der Waals surface area contributed by atoms with Crippen molar-refractivity contribution in [1.82, 2.24) is 4.90 Å². The second-order valence-corrected chi connectivity index (χ2v) is 8.30. The van der Waals surface area contributed by atoms with Gasteiger partial charge in [0.2, 0.25) is 0 Å². The van der Waals surface area contributed by atoms with E-state index in [1.165, 1.54) is 12.8 Å². The third-order valence-electron chi connectivity index (χ3n) is 6.65. The number of ether oxygens (including phenoxy) is 1. The lowest BCUT2D eigenvalue weighted by Gasteiger charge is -2.38. The Morgan fingerprint density at radius 1 is 1.16 bits per heavy atom. The van der Waals surface area contributed by atoms with Crippen molar-refractivity contribution in [3.8, 4) is 0 Å². The minimum atomic E-state index is -0.898. The Balaban J connectivity index is 1.53. The van der Waals surface area contributed by atoms with E-state index in [1.54, 1.807) is 0 Å². The maximum absolute atomic E-state index is 13.2. The van der Waals surface area contributed by atoms with Crippen LogP contribution < -0.4 is 0 Å². The number of carbonyl (C=O) groups is 1. The number of hydrogen-bond acceptors (Lipinski definition) is 4. The summed E-state index contributed by atoms with van der Waals surface area (Å²) in [5.74, 6) is 0.315. The highest BCUT2D eigenvalue weighted by atomic mass is 16.5. The fourth-order valence-electron chi connectivity index (χ4n) is 4.83. The van der Waals surface area contributed by atoms with E-state index in [0.717, 1.165) is 31.2 Å². The molecule has 4 nitrogen and oxygen atoms in total. The second-order valence-electron chi connectivity index (χ2n) is 8.30. The zero-order valence-corrected chi connectivity index (χ0v) is 15.1. The lowest BCUT2D eigenvalue weighted by atomic mass is 9.76. The molecule has 0 radical (unpaired) electrons. The van der Waals surface area contributed by atoms with Crippen LogP contribution in [0.25, 0.3) is 0 Å². The second kappa shape index (κ2) is 6.73. The first-order valence-electron chi connectivity index (χ1n) is 9.72. The highest BCUT2D eigenvalue weighted by Gasteiger charge is 2.47. The molecule has 1 N–H and O–H groups in total. The van der Waals surface area contributed by atoms with Crippen molar-refractivity contribution < 1.29 is 14.6 Å². The Labute approximate surface area is 150 Å². The first kappa shape index (κ1) is 17.0. The molecule has 3 aliphatic rings. The van der Waals surface area contributed by atoms with E-state index in [0.29, 0.717) is 24.4 Å². The molecule has 0 aromatic heterocycles. The van der Waals surface area contributed by atoms with Crippen molar-refractivity contribution >= 4 is 5.97 Å². The van der Waals surface area contributed by atoms with Crippen molar-refractivity contribution in [2.75, 3.05) is 13.7 Å². The third kappa shape index (κ3) is 3.22. The zero-order chi connectivity index (χ0) is 17.4.